The molecular weight excluding hydrogens is 264 g/mol. The first-order valence-corrected chi connectivity index (χ1v) is 7.00. The maximum absolute atomic E-state index is 11.7. The first kappa shape index (κ1) is 14.8. The van der Waals surface area contributed by atoms with E-state index in [0.29, 0.717) is 25.3 Å². The molecule has 0 aliphatic rings. The summed E-state index contributed by atoms with van der Waals surface area (Å²) in [5, 5.41) is 6.06. The predicted molar refractivity (Wildman–Crippen MR) is 84.9 cm³/mol. The molecule has 0 saturated carbocycles. The van der Waals surface area contributed by atoms with Gasteiger partial charge in [0.05, 0.1) is 11.9 Å². The molecule has 0 atom stereocenters. The van der Waals surface area contributed by atoms with E-state index < -0.39 is 0 Å². The Morgan fingerprint density at radius 1 is 1.10 bits per heavy atom. The Morgan fingerprint density at radius 3 is 2.62 bits per heavy atom. The lowest BCUT2D eigenvalue weighted by molar-refractivity contribution is -0.120. The van der Waals surface area contributed by atoms with Gasteiger partial charge in [-0.05, 0) is 24.1 Å². The molecule has 2 rings (SSSR count). The zero-order valence-corrected chi connectivity index (χ0v) is 11.9. The van der Waals surface area contributed by atoms with Crippen molar-refractivity contribution >= 4 is 17.4 Å². The normalized spacial score (nSPS) is 10.1. The molecule has 0 unspecified atom stereocenters. The second-order valence-electron chi connectivity index (χ2n) is 4.73. The van der Waals surface area contributed by atoms with Crippen LogP contribution in [-0.4, -0.2) is 24.0 Å². The monoisotopic (exact) mass is 284 g/mol. The Kier molecular flexibility index (Phi) is 5.58. The van der Waals surface area contributed by atoms with E-state index in [4.69, 9.17) is 5.73 Å². The van der Waals surface area contributed by atoms with E-state index in [1.54, 1.807) is 12.3 Å². The van der Waals surface area contributed by atoms with E-state index in [9.17, 15) is 4.79 Å². The second kappa shape index (κ2) is 7.89. The molecule has 2 aromatic rings. The number of nitrogens with two attached hydrogens (primary N) is 1. The van der Waals surface area contributed by atoms with Crippen molar-refractivity contribution in [1.29, 1.82) is 0 Å². The summed E-state index contributed by atoms with van der Waals surface area (Å²) in [5.41, 5.74) is 7.58. The smallest absolute Gasteiger partial charge is 0.220 e. The lowest BCUT2D eigenvalue weighted by Crippen LogP contribution is -2.28. The lowest BCUT2D eigenvalue weighted by atomic mass is 10.1. The standard InChI is InChI=1S/C16H20N4O/c17-15-8-7-14(12-20-15)18-10-11-19-16(21)9-6-13-4-2-1-3-5-13/h1-5,7-8,12,18H,6,9-11H2,(H2,17,20)(H,19,21). The van der Waals surface area contributed by atoms with Gasteiger partial charge in [0.25, 0.3) is 0 Å². The van der Waals surface area contributed by atoms with E-state index in [-0.39, 0.29) is 5.91 Å². The number of nitrogens with zero attached hydrogens (tertiary/aromatic N) is 1. The maximum atomic E-state index is 11.7. The highest BCUT2D eigenvalue weighted by molar-refractivity contribution is 5.76. The molecule has 0 saturated heterocycles. The first-order valence-electron chi connectivity index (χ1n) is 7.00. The minimum atomic E-state index is 0.0658. The molecular formula is C16H20N4O. The molecule has 5 nitrogen and oxygen atoms in total. The molecule has 1 heterocycles. The van der Waals surface area contributed by atoms with Gasteiger partial charge in [0.2, 0.25) is 5.91 Å². The van der Waals surface area contributed by atoms with Gasteiger partial charge in [-0.2, -0.15) is 0 Å². The Hall–Kier alpha value is -2.56. The molecule has 0 radical (unpaired) electrons. The summed E-state index contributed by atoms with van der Waals surface area (Å²) >= 11 is 0. The number of hydrogen-bond donors (Lipinski definition) is 3. The molecule has 110 valence electrons. The molecule has 0 spiro atoms. The Balaban J connectivity index is 1.60. The number of aryl methyl sites for hydroxylation is 1. The Labute approximate surface area is 124 Å². The van der Waals surface area contributed by atoms with Gasteiger partial charge in [-0.25, -0.2) is 4.98 Å². The fourth-order valence-electron chi connectivity index (χ4n) is 1.91. The Bertz CT molecular complexity index is 554. The summed E-state index contributed by atoms with van der Waals surface area (Å²) in [6, 6.07) is 13.6. The Morgan fingerprint density at radius 2 is 1.90 bits per heavy atom. The van der Waals surface area contributed by atoms with Gasteiger partial charge < -0.3 is 16.4 Å². The van der Waals surface area contributed by atoms with Crippen LogP contribution in [0.25, 0.3) is 0 Å². The summed E-state index contributed by atoms with van der Waals surface area (Å²) in [7, 11) is 0. The van der Waals surface area contributed by atoms with Crippen molar-refractivity contribution in [3.63, 3.8) is 0 Å². The molecule has 4 N–H and O–H groups in total. The number of carbonyl (C=O) groups is 1. The number of aromatic nitrogens is 1. The average Bonchev–Trinajstić information content (AvgIpc) is 2.52. The third-order valence-corrected chi connectivity index (χ3v) is 3.05. The van der Waals surface area contributed by atoms with Crippen LogP contribution in [0.15, 0.2) is 48.7 Å². The van der Waals surface area contributed by atoms with Gasteiger partial charge in [0, 0.05) is 19.5 Å². The minimum absolute atomic E-state index is 0.0658. The van der Waals surface area contributed by atoms with Gasteiger partial charge in [0.1, 0.15) is 5.82 Å². The van der Waals surface area contributed by atoms with Crippen LogP contribution < -0.4 is 16.4 Å². The number of rotatable bonds is 7. The van der Waals surface area contributed by atoms with Gasteiger partial charge >= 0.3 is 0 Å². The molecule has 1 aromatic carbocycles. The quantitative estimate of drug-likeness (QED) is 0.678. The fraction of sp³-hybridized carbons (Fsp3) is 0.250. The number of carbonyl (C=O) groups excluding carboxylic acids is 1. The average molecular weight is 284 g/mol. The van der Waals surface area contributed by atoms with Crippen LogP contribution in [0.4, 0.5) is 11.5 Å². The van der Waals surface area contributed by atoms with Crippen LogP contribution >= 0.6 is 0 Å². The minimum Gasteiger partial charge on any atom is -0.384 e. The van der Waals surface area contributed by atoms with E-state index in [2.05, 4.69) is 15.6 Å². The van der Waals surface area contributed by atoms with Gasteiger partial charge in [-0.15, -0.1) is 0 Å². The fourth-order valence-corrected chi connectivity index (χ4v) is 1.91. The summed E-state index contributed by atoms with van der Waals surface area (Å²) < 4.78 is 0. The number of amides is 1. The third-order valence-electron chi connectivity index (χ3n) is 3.05. The second-order valence-corrected chi connectivity index (χ2v) is 4.73. The first-order chi connectivity index (χ1) is 10.2. The summed E-state index contributed by atoms with van der Waals surface area (Å²) in [6.45, 7) is 1.24. The van der Waals surface area contributed by atoms with Gasteiger partial charge in [-0.3, -0.25) is 4.79 Å². The molecule has 0 bridgehead atoms. The molecule has 0 aliphatic carbocycles. The molecule has 21 heavy (non-hydrogen) atoms. The topological polar surface area (TPSA) is 80.0 Å². The van der Waals surface area contributed by atoms with E-state index in [0.717, 1.165) is 12.1 Å². The number of pyridine rings is 1. The number of benzene rings is 1. The third kappa shape index (κ3) is 5.52. The molecule has 5 heteroatoms. The van der Waals surface area contributed by atoms with Crippen molar-refractivity contribution in [2.45, 2.75) is 12.8 Å². The molecule has 1 amide bonds. The SMILES string of the molecule is Nc1ccc(NCCNC(=O)CCc2ccccc2)cn1. The van der Waals surface area contributed by atoms with Crippen molar-refractivity contribution in [1.82, 2.24) is 10.3 Å². The van der Waals surface area contributed by atoms with Crippen molar-refractivity contribution in [2.24, 2.45) is 0 Å². The molecule has 0 fully saturated rings. The van der Waals surface area contributed by atoms with Crippen LogP contribution in [-0.2, 0) is 11.2 Å². The highest BCUT2D eigenvalue weighted by Crippen LogP contribution is 2.06. The van der Waals surface area contributed by atoms with E-state index >= 15 is 0 Å². The summed E-state index contributed by atoms with van der Waals surface area (Å²) in [5.74, 6) is 0.561. The van der Waals surface area contributed by atoms with E-state index in [1.807, 2.05) is 36.4 Å². The van der Waals surface area contributed by atoms with E-state index in [1.165, 1.54) is 5.56 Å². The van der Waals surface area contributed by atoms with Crippen LogP contribution in [0.3, 0.4) is 0 Å². The number of anilines is 2. The van der Waals surface area contributed by atoms with Crippen LogP contribution in [0.2, 0.25) is 0 Å². The molecule has 0 aliphatic heterocycles. The summed E-state index contributed by atoms with van der Waals surface area (Å²) in [6.07, 6.45) is 2.95. The van der Waals surface area contributed by atoms with Gasteiger partial charge in [0.15, 0.2) is 0 Å². The number of nitrogens with one attached hydrogen (secondary N) is 2. The van der Waals surface area contributed by atoms with Gasteiger partial charge in [-0.1, -0.05) is 30.3 Å². The maximum Gasteiger partial charge on any atom is 0.220 e. The number of nitrogen functional groups attached to an aromatic ring is 1. The van der Waals surface area contributed by atoms with Crippen LogP contribution in [0, 0.1) is 0 Å². The summed E-state index contributed by atoms with van der Waals surface area (Å²) in [4.78, 5) is 15.7. The highest BCUT2D eigenvalue weighted by atomic mass is 16.1. The van der Waals surface area contributed by atoms with Crippen molar-refractivity contribution in [2.75, 3.05) is 24.1 Å². The predicted octanol–water partition coefficient (Wildman–Crippen LogP) is 1.82. The lowest BCUT2D eigenvalue weighted by Gasteiger charge is -2.08. The van der Waals surface area contributed by atoms with Crippen molar-refractivity contribution in [3.05, 3.63) is 54.2 Å². The zero-order chi connectivity index (χ0) is 14.9. The van der Waals surface area contributed by atoms with Crippen LogP contribution in [0.5, 0.6) is 0 Å². The van der Waals surface area contributed by atoms with Crippen molar-refractivity contribution in [3.8, 4) is 0 Å². The van der Waals surface area contributed by atoms with Crippen LogP contribution in [0.1, 0.15) is 12.0 Å². The molecule has 1 aromatic heterocycles. The zero-order valence-electron chi connectivity index (χ0n) is 11.9. The largest absolute Gasteiger partial charge is 0.384 e. The van der Waals surface area contributed by atoms with Crippen molar-refractivity contribution < 1.29 is 4.79 Å². The number of hydrogen-bond acceptors (Lipinski definition) is 4. The highest BCUT2D eigenvalue weighted by Gasteiger charge is 2.01.